The van der Waals surface area contributed by atoms with Crippen LogP contribution in [0.4, 0.5) is 11.4 Å². The number of pyridine rings is 1. The number of hydrogen-bond acceptors (Lipinski definition) is 5. The zero-order valence-electron chi connectivity index (χ0n) is 16.7. The van der Waals surface area contributed by atoms with Crippen molar-refractivity contribution in [3.05, 3.63) is 78.6 Å². The van der Waals surface area contributed by atoms with Gasteiger partial charge in [-0.25, -0.2) is 0 Å². The second-order valence-corrected chi connectivity index (χ2v) is 6.89. The minimum Gasteiger partial charge on any atom is -0.497 e. The fraction of sp³-hybridized carbons (Fsp3) is 0.174. The number of benzene rings is 2. The third-order valence-electron chi connectivity index (χ3n) is 5.23. The van der Waals surface area contributed by atoms with Crippen LogP contribution >= 0.6 is 0 Å². The minimum atomic E-state index is -1.19. The monoisotopic (exact) mass is 403 g/mol. The van der Waals surface area contributed by atoms with E-state index in [4.69, 9.17) is 9.47 Å². The van der Waals surface area contributed by atoms with E-state index in [1.54, 1.807) is 81.2 Å². The molecule has 1 unspecified atom stereocenters. The largest absolute Gasteiger partial charge is 0.497 e. The van der Waals surface area contributed by atoms with Gasteiger partial charge in [0.1, 0.15) is 11.5 Å². The van der Waals surface area contributed by atoms with Crippen molar-refractivity contribution in [3.63, 3.8) is 0 Å². The maximum atomic E-state index is 13.5. The van der Waals surface area contributed by atoms with E-state index in [9.17, 15) is 9.59 Å². The van der Waals surface area contributed by atoms with Gasteiger partial charge in [0.2, 0.25) is 5.91 Å². The molecule has 1 N–H and O–H groups in total. The summed E-state index contributed by atoms with van der Waals surface area (Å²) in [6.45, 7) is 0. The van der Waals surface area contributed by atoms with Gasteiger partial charge in [0.15, 0.2) is 5.54 Å². The Morgan fingerprint density at radius 2 is 1.63 bits per heavy atom. The molecule has 0 bridgehead atoms. The lowest BCUT2D eigenvalue weighted by Crippen LogP contribution is -2.67. The highest BCUT2D eigenvalue weighted by molar-refractivity contribution is 6.17. The van der Waals surface area contributed by atoms with Crippen LogP contribution in [0, 0.1) is 0 Å². The summed E-state index contributed by atoms with van der Waals surface area (Å²) >= 11 is 0. The number of hydrogen-bond donors (Lipinski definition) is 1. The predicted molar refractivity (Wildman–Crippen MR) is 113 cm³/mol. The number of rotatable bonds is 6. The first-order chi connectivity index (χ1) is 14.6. The fourth-order valence-corrected chi connectivity index (χ4v) is 3.65. The number of carbonyl (C=O) groups excluding carboxylic acids is 2. The Hall–Kier alpha value is -3.87. The molecule has 1 aliphatic heterocycles. The lowest BCUT2D eigenvalue weighted by molar-refractivity contribution is -0.137. The van der Waals surface area contributed by atoms with Crippen LogP contribution in [-0.2, 0) is 15.1 Å². The lowest BCUT2D eigenvalue weighted by Gasteiger charge is -2.50. The number of carbonyl (C=O) groups is 2. The van der Waals surface area contributed by atoms with Crippen molar-refractivity contribution in [2.75, 3.05) is 24.4 Å². The second kappa shape index (κ2) is 7.87. The van der Waals surface area contributed by atoms with Gasteiger partial charge in [-0.1, -0.05) is 6.07 Å². The quantitative estimate of drug-likeness (QED) is 0.639. The molecule has 1 fully saturated rings. The Morgan fingerprint density at radius 1 is 1.00 bits per heavy atom. The zero-order chi connectivity index (χ0) is 21.1. The van der Waals surface area contributed by atoms with Gasteiger partial charge >= 0.3 is 0 Å². The van der Waals surface area contributed by atoms with Crippen LogP contribution in [0.1, 0.15) is 12.0 Å². The number of nitrogens with zero attached hydrogens (tertiary/aromatic N) is 2. The number of ether oxygens (including phenoxy) is 2. The van der Waals surface area contributed by atoms with Gasteiger partial charge in [-0.2, -0.15) is 0 Å². The van der Waals surface area contributed by atoms with Gasteiger partial charge in [0, 0.05) is 29.3 Å². The van der Waals surface area contributed by atoms with Crippen molar-refractivity contribution in [2.24, 2.45) is 0 Å². The molecule has 3 aromatic rings. The SMILES string of the molecule is COc1ccc(NC(=O)C2(c3cccnc3)CC(=O)N2c2ccc(OC)cc2)cc1. The molecule has 1 aromatic heterocycles. The highest BCUT2D eigenvalue weighted by Crippen LogP contribution is 2.45. The summed E-state index contributed by atoms with van der Waals surface area (Å²) in [6, 6.07) is 17.7. The predicted octanol–water partition coefficient (Wildman–Crippen LogP) is 3.37. The Bertz CT molecular complexity index is 1050. The molecule has 2 aromatic carbocycles. The smallest absolute Gasteiger partial charge is 0.255 e. The number of nitrogens with one attached hydrogen (secondary N) is 1. The summed E-state index contributed by atoms with van der Waals surface area (Å²) in [5.41, 5.74) is 0.671. The van der Waals surface area contributed by atoms with E-state index in [0.717, 1.165) is 0 Å². The van der Waals surface area contributed by atoms with Gasteiger partial charge in [0.25, 0.3) is 5.91 Å². The van der Waals surface area contributed by atoms with Crippen molar-refractivity contribution in [1.29, 1.82) is 0 Å². The molecule has 7 nitrogen and oxygen atoms in total. The van der Waals surface area contributed by atoms with E-state index in [0.29, 0.717) is 28.4 Å². The van der Waals surface area contributed by atoms with E-state index in [-0.39, 0.29) is 18.2 Å². The van der Waals surface area contributed by atoms with Crippen LogP contribution in [0.15, 0.2) is 73.1 Å². The molecule has 1 atom stereocenters. The lowest BCUT2D eigenvalue weighted by atomic mass is 9.76. The molecule has 2 amide bonds. The Kier molecular flexibility index (Phi) is 5.10. The van der Waals surface area contributed by atoms with Crippen LogP contribution in [0.3, 0.4) is 0 Å². The van der Waals surface area contributed by atoms with E-state index in [1.165, 1.54) is 4.90 Å². The molecule has 1 saturated heterocycles. The minimum absolute atomic E-state index is 0.0483. The van der Waals surface area contributed by atoms with Gasteiger partial charge < -0.3 is 14.8 Å². The summed E-state index contributed by atoms with van der Waals surface area (Å²) in [4.78, 5) is 31.9. The molecule has 0 saturated carbocycles. The topological polar surface area (TPSA) is 80.8 Å². The first kappa shape index (κ1) is 19.4. The van der Waals surface area contributed by atoms with Gasteiger partial charge in [-0.05, 0) is 54.6 Å². The maximum Gasteiger partial charge on any atom is 0.255 e. The summed E-state index contributed by atoms with van der Waals surface area (Å²) in [5, 5.41) is 2.94. The van der Waals surface area contributed by atoms with E-state index < -0.39 is 5.54 Å². The molecular formula is C23H21N3O4. The van der Waals surface area contributed by atoms with Gasteiger partial charge in [0.05, 0.1) is 20.6 Å². The van der Waals surface area contributed by atoms with E-state index in [1.807, 2.05) is 6.07 Å². The van der Waals surface area contributed by atoms with Crippen LogP contribution in [-0.4, -0.2) is 31.0 Å². The van der Waals surface area contributed by atoms with Crippen molar-refractivity contribution in [1.82, 2.24) is 4.98 Å². The molecule has 7 heteroatoms. The van der Waals surface area contributed by atoms with Gasteiger partial charge in [-0.15, -0.1) is 0 Å². The molecule has 0 aliphatic carbocycles. The normalized spacial score (nSPS) is 17.8. The Labute approximate surface area is 174 Å². The second-order valence-electron chi connectivity index (χ2n) is 6.89. The zero-order valence-corrected chi connectivity index (χ0v) is 16.7. The number of amides is 2. The highest BCUT2D eigenvalue weighted by Gasteiger charge is 2.58. The first-order valence-electron chi connectivity index (χ1n) is 9.41. The average molecular weight is 403 g/mol. The third-order valence-corrected chi connectivity index (χ3v) is 5.23. The van der Waals surface area contributed by atoms with Crippen LogP contribution < -0.4 is 19.7 Å². The van der Waals surface area contributed by atoms with Crippen molar-refractivity contribution in [2.45, 2.75) is 12.0 Å². The molecular weight excluding hydrogens is 382 g/mol. The van der Waals surface area contributed by atoms with E-state index in [2.05, 4.69) is 10.3 Å². The molecule has 152 valence electrons. The number of aromatic nitrogens is 1. The van der Waals surface area contributed by atoms with Crippen LogP contribution in [0.2, 0.25) is 0 Å². The van der Waals surface area contributed by atoms with E-state index >= 15 is 0 Å². The third kappa shape index (κ3) is 3.24. The number of β-lactam (4-membered cyclic amide) rings is 1. The summed E-state index contributed by atoms with van der Waals surface area (Å²) < 4.78 is 10.4. The van der Waals surface area contributed by atoms with Crippen molar-refractivity contribution < 1.29 is 19.1 Å². The average Bonchev–Trinajstić information content (AvgIpc) is 2.78. The molecule has 4 rings (SSSR count). The summed E-state index contributed by atoms with van der Waals surface area (Å²) in [7, 11) is 3.16. The Balaban J connectivity index is 1.73. The van der Waals surface area contributed by atoms with Crippen LogP contribution in [0.5, 0.6) is 11.5 Å². The first-order valence-corrected chi connectivity index (χ1v) is 9.41. The molecule has 30 heavy (non-hydrogen) atoms. The number of methoxy groups -OCH3 is 2. The van der Waals surface area contributed by atoms with Crippen molar-refractivity contribution >= 4 is 23.2 Å². The highest BCUT2D eigenvalue weighted by atomic mass is 16.5. The maximum absolute atomic E-state index is 13.5. The van der Waals surface area contributed by atoms with Crippen LogP contribution in [0.25, 0.3) is 0 Å². The molecule has 0 spiro atoms. The Morgan fingerprint density at radius 3 is 2.17 bits per heavy atom. The summed E-state index contributed by atoms with van der Waals surface area (Å²) in [5.74, 6) is 0.903. The van der Waals surface area contributed by atoms with Gasteiger partial charge in [-0.3, -0.25) is 19.5 Å². The fourth-order valence-electron chi connectivity index (χ4n) is 3.65. The standard InChI is InChI=1S/C23H21N3O4/c1-29-19-9-5-17(6-10-19)25-22(28)23(16-4-3-13-24-15-16)14-21(27)26(23)18-7-11-20(30-2)12-8-18/h3-13,15H,14H2,1-2H3,(H,25,28). The molecule has 1 aliphatic rings. The summed E-state index contributed by atoms with van der Waals surface area (Å²) in [6.07, 6.45) is 3.31. The van der Waals surface area contributed by atoms with Crippen molar-refractivity contribution in [3.8, 4) is 11.5 Å². The molecule has 0 radical (unpaired) electrons. The number of anilines is 2. The molecule has 2 heterocycles.